The lowest BCUT2D eigenvalue weighted by molar-refractivity contribution is -0.139. The van der Waals surface area contributed by atoms with Crippen LogP contribution in [0.25, 0.3) is 11.8 Å². The summed E-state index contributed by atoms with van der Waals surface area (Å²) in [5.41, 5.74) is 6.77. The van der Waals surface area contributed by atoms with E-state index in [2.05, 4.69) is 88.1 Å². The summed E-state index contributed by atoms with van der Waals surface area (Å²) in [6.07, 6.45) is 1.92. The third kappa shape index (κ3) is 5.37. The molecule has 0 saturated heterocycles. The first-order valence-electron chi connectivity index (χ1n) is 13.0. The van der Waals surface area contributed by atoms with Crippen molar-refractivity contribution in [1.29, 1.82) is 0 Å². The van der Waals surface area contributed by atoms with Crippen LogP contribution < -0.4 is 19.6 Å². The summed E-state index contributed by atoms with van der Waals surface area (Å²) in [4.78, 5) is 32.5. The zero-order chi connectivity index (χ0) is 29.6. The summed E-state index contributed by atoms with van der Waals surface area (Å²) in [5, 5.41) is 0. The molecule has 3 heterocycles. The van der Waals surface area contributed by atoms with Crippen LogP contribution in [0, 0.1) is 24.3 Å². The number of halogens is 2. The normalized spacial score (nSPS) is 15.1. The molecule has 4 aromatic rings. The van der Waals surface area contributed by atoms with Gasteiger partial charge in [-0.2, -0.15) is 0 Å². The van der Waals surface area contributed by atoms with Crippen LogP contribution in [-0.2, 0) is 9.53 Å². The van der Waals surface area contributed by atoms with E-state index < -0.39 is 12.0 Å². The van der Waals surface area contributed by atoms with E-state index in [-0.39, 0.29) is 12.2 Å². The van der Waals surface area contributed by atoms with Crippen LogP contribution in [0.3, 0.4) is 0 Å². The molecule has 0 bridgehead atoms. The minimum atomic E-state index is -0.697. The SMILES string of the molecule is CCOC(=O)C1=C(C)N=c2s/c(=C/c3cc(C)n(-c4ccc(C)c(I)c4)c3C)c(=O)n2[C@H]1c1ccc(OC)c(Br)c1. The number of methoxy groups -OCH3 is 1. The van der Waals surface area contributed by atoms with E-state index in [1.807, 2.05) is 24.3 Å². The van der Waals surface area contributed by atoms with E-state index in [0.717, 1.165) is 32.7 Å². The smallest absolute Gasteiger partial charge is 0.338 e. The minimum absolute atomic E-state index is 0.213. The van der Waals surface area contributed by atoms with E-state index in [1.54, 1.807) is 25.5 Å². The molecule has 0 spiro atoms. The first kappa shape index (κ1) is 29.5. The first-order valence-corrected chi connectivity index (χ1v) is 15.7. The van der Waals surface area contributed by atoms with Crippen LogP contribution in [0.5, 0.6) is 5.75 Å². The van der Waals surface area contributed by atoms with E-state index in [4.69, 9.17) is 14.5 Å². The Hall–Kier alpha value is -2.96. The van der Waals surface area contributed by atoms with E-state index in [1.165, 1.54) is 20.5 Å². The maximum atomic E-state index is 14.1. The predicted octanol–water partition coefficient (Wildman–Crippen LogP) is 5.89. The van der Waals surface area contributed by atoms with Gasteiger partial charge in [0.25, 0.3) is 5.56 Å². The summed E-state index contributed by atoms with van der Waals surface area (Å²) in [6, 6.07) is 13.3. The van der Waals surface area contributed by atoms with Gasteiger partial charge in [0.2, 0.25) is 0 Å². The molecule has 7 nitrogen and oxygen atoms in total. The molecule has 2 aromatic carbocycles. The molecule has 2 aromatic heterocycles. The fraction of sp³-hybridized carbons (Fsp3) is 0.258. The van der Waals surface area contributed by atoms with Gasteiger partial charge in [0.1, 0.15) is 5.75 Å². The summed E-state index contributed by atoms with van der Waals surface area (Å²) < 4.78 is 17.1. The number of thiazole rings is 1. The van der Waals surface area contributed by atoms with Crippen LogP contribution in [0.1, 0.15) is 48.0 Å². The molecule has 0 radical (unpaired) electrons. The van der Waals surface area contributed by atoms with Gasteiger partial charge in [0.15, 0.2) is 4.80 Å². The van der Waals surface area contributed by atoms with Crippen molar-refractivity contribution in [3.8, 4) is 11.4 Å². The number of fused-ring (bicyclic) bond motifs is 1. The van der Waals surface area contributed by atoms with Crippen LogP contribution in [-0.4, -0.2) is 28.8 Å². The van der Waals surface area contributed by atoms with Gasteiger partial charge in [0.05, 0.1) is 40.0 Å². The largest absolute Gasteiger partial charge is 0.496 e. The monoisotopic (exact) mass is 745 g/mol. The second-order valence-electron chi connectivity index (χ2n) is 9.79. The molecule has 0 saturated carbocycles. The minimum Gasteiger partial charge on any atom is -0.496 e. The fourth-order valence-corrected chi connectivity index (χ4v) is 7.25. The van der Waals surface area contributed by atoms with Crippen LogP contribution in [0.4, 0.5) is 0 Å². The van der Waals surface area contributed by atoms with Gasteiger partial charge >= 0.3 is 5.97 Å². The molecular weight excluding hydrogens is 717 g/mol. The molecule has 212 valence electrons. The highest BCUT2D eigenvalue weighted by Gasteiger charge is 2.33. The Morgan fingerprint density at radius 1 is 1.15 bits per heavy atom. The second-order valence-corrected chi connectivity index (χ2v) is 12.8. The topological polar surface area (TPSA) is 74.8 Å². The Bertz CT molecular complexity index is 1920. The highest BCUT2D eigenvalue weighted by Crippen LogP contribution is 2.35. The average Bonchev–Trinajstić information content (AvgIpc) is 3.38. The Morgan fingerprint density at radius 3 is 2.56 bits per heavy atom. The maximum absolute atomic E-state index is 14.1. The molecule has 0 unspecified atom stereocenters. The van der Waals surface area contributed by atoms with Crippen molar-refractivity contribution in [2.45, 2.75) is 40.7 Å². The number of benzene rings is 2. The molecule has 1 atom stereocenters. The lowest BCUT2D eigenvalue weighted by atomic mass is 9.96. The molecule has 0 N–H and O–H groups in total. The quantitative estimate of drug-likeness (QED) is 0.182. The summed E-state index contributed by atoms with van der Waals surface area (Å²) in [7, 11) is 1.59. The number of ether oxygens (including phenoxy) is 2. The number of carbonyl (C=O) groups is 1. The van der Waals surface area contributed by atoms with Gasteiger partial charge in [-0.25, -0.2) is 9.79 Å². The Kier molecular flexibility index (Phi) is 8.45. The van der Waals surface area contributed by atoms with Crippen molar-refractivity contribution in [1.82, 2.24) is 9.13 Å². The van der Waals surface area contributed by atoms with Crippen molar-refractivity contribution >= 4 is 61.9 Å². The summed E-state index contributed by atoms with van der Waals surface area (Å²) >= 11 is 7.23. The molecule has 5 rings (SSSR count). The molecule has 1 aliphatic heterocycles. The van der Waals surface area contributed by atoms with E-state index >= 15 is 0 Å². The highest BCUT2D eigenvalue weighted by molar-refractivity contribution is 14.1. The Balaban J connectivity index is 1.70. The van der Waals surface area contributed by atoms with Gasteiger partial charge in [-0.15, -0.1) is 0 Å². The zero-order valence-electron chi connectivity index (χ0n) is 23.5. The van der Waals surface area contributed by atoms with Gasteiger partial charge in [-0.1, -0.05) is 23.5 Å². The van der Waals surface area contributed by atoms with Crippen molar-refractivity contribution in [3.63, 3.8) is 0 Å². The summed E-state index contributed by atoms with van der Waals surface area (Å²) in [5.74, 6) is 0.161. The third-order valence-corrected chi connectivity index (χ3v) is 9.94. The predicted molar refractivity (Wildman–Crippen MR) is 174 cm³/mol. The number of rotatable bonds is 6. The molecule has 0 amide bonds. The highest BCUT2D eigenvalue weighted by atomic mass is 127. The Labute approximate surface area is 264 Å². The standard InChI is InChI=1S/C31H29BrIN3O4S/c1-7-40-30(38)27-18(4)34-31-36(28(27)20-9-11-25(39-6)23(32)13-20)29(37)26(41-31)14-21-12-17(3)35(19(21)5)22-10-8-16(2)24(33)15-22/h8-15,28H,7H2,1-6H3/b26-14+/t28-/m0/s1. The van der Waals surface area contributed by atoms with Gasteiger partial charge < -0.3 is 14.0 Å². The number of allylic oxidation sites excluding steroid dienone is 1. The molecule has 41 heavy (non-hydrogen) atoms. The lowest BCUT2D eigenvalue weighted by Gasteiger charge is -2.25. The fourth-order valence-electron chi connectivity index (χ4n) is 5.15. The van der Waals surface area contributed by atoms with Gasteiger partial charge in [0, 0.05) is 20.6 Å². The summed E-state index contributed by atoms with van der Waals surface area (Å²) in [6.45, 7) is 9.98. The van der Waals surface area contributed by atoms with Gasteiger partial charge in [-0.05, 0) is 126 Å². The van der Waals surface area contributed by atoms with Crippen molar-refractivity contribution in [2.24, 2.45) is 4.99 Å². The molecular formula is C31H29BrIN3O4S. The lowest BCUT2D eigenvalue weighted by Crippen LogP contribution is -2.40. The third-order valence-electron chi connectivity index (χ3n) is 7.18. The molecule has 0 aliphatic carbocycles. The Morgan fingerprint density at radius 2 is 1.90 bits per heavy atom. The first-order chi connectivity index (χ1) is 19.5. The number of esters is 1. The average molecular weight is 746 g/mol. The number of carbonyl (C=O) groups excluding carboxylic acids is 1. The number of aryl methyl sites for hydroxylation is 2. The number of hydrogen-bond acceptors (Lipinski definition) is 6. The number of nitrogens with zero attached hydrogens (tertiary/aromatic N) is 3. The molecule has 0 fully saturated rings. The van der Waals surface area contributed by atoms with Crippen molar-refractivity contribution in [3.05, 3.63) is 110 Å². The number of hydrogen-bond donors (Lipinski definition) is 0. The number of aromatic nitrogens is 2. The molecule has 10 heteroatoms. The van der Waals surface area contributed by atoms with Crippen LogP contribution in [0.15, 0.2) is 68.0 Å². The molecule has 1 aliphatic rings. The van der Waals surface area contributed by atoms with Crippen molar-refractivity contribution in [2.75, 3.05) is 13.7 Å². The second kappa shape index (κ2) is 11.7. The zero-order valence-corrected chi connectivity index (χ0v) is 28.1. The van der Waals surface area contributed by atoms with E-state index in [0.29, 0.717) is 26.4 Å². The van der Waals surface area contributed by atoms with Crippen molar-refractivity contribution < 1.29 is 14.3 Å². The van der Waals surface area contributed by atoms with Gasteiger partial charge in [-0.3, -0.25) is 9.36 Å². The maximum Gasteiger partial charge on any atom is 0.338 e. The van der Waals surface area contributed by atoms with Crippen LogP contribution >= 0.6 is 49.9 Å². The van der Waals surface area contributed by atoms with E-state index in [9.17, 15) is 9.59 Å². The van der Waals surface area contributed by atoms with Crippen LogP contribution in [0.2, 0.25) is 0 Å².